The predicted molar refractivity (Wildman–Crippen MR) is 340 cm³/mol. The topological polar surface area (TPSA) is 175 Å². The van der Waals surface area contributed by atoms with Crippen LogP contribution in [0.2, 0.25) is 0 Å². The maximum absolute atomic E-state index is 13.2. The molecule has 0 saturated carbocycles. The first-order chi connectivity index (χ1) is 40.6. The van der Waals surface area contributed by atoms with E-state index in [2.05, 4.69) is 69.4 Å². The van der Waals surface area contributed by atoms with Crippen LogP contribution in [0, 0.1) is 0 Å². The van der Waals surface area contributed by atoms with E-state index >= 15 is 0 Å². The van der Waals surface area contributed by atoms with Crippen LogP contribution in [0.3, 0.4) is 0 Å². The molecule has 6 atom stereocenters. The number of hydrogen-bond acceptors (Lipinski definition) is 11. The molecule has 0 aromatic rings. The third kappa shape index (κ3) is 48.5. The Morgan fingerprint density at radius 3 is 1.17 bits per heavy atom. The van der Waals surface area contributed by atoms with Gasteiger partial charge in [0, 0.05) is 19.3 Å². The standard InChI is InChI=1S/C71H126O12/c1-4-7-10-13-16-19-22-25-28-30-32-34-37-39-42-45-48-51-54-57-63(72)79-60-62(81-64(73)58-55-52-49-46-43-41-38-35-33-31-29-26-23-20-17-14-11-8-5-2)61-80-71-69(67(76)66(75)68(83-71)70(77)78)82-65(74)59-56-53-50-47-44-40-36-27-24-21-18-15-12-9-6-3/h9,12,18,21,25,27-28,36,62,66-69,71,75-76H,4-8,10-11,13-17,19-20,22-24,26,29-35,37-61H2,1-3H3,(H,77,78)/b12-9-,21-18-,28-25-,36-27-. The van der Waals surface area contributed by atoms with Gasteiger partial charge in [0.05, 0.1) is 6.61 Å². The minimum Gasteiger partial charge on any atom is -0.479 e. The molecule has 3 N–H and O–H groups in total. The van der Waals surface area contributed by atoms with E-state index in [0.29, 0.717) is 19.3 Å². The summed E-state index contributed by atoms with van der Waals surface area (Å²) in [6, 6.07) is 0. The molecule has 0 spiro atoms. The molecule has 1 fully saturated rings. The first-order valence-electron chi connectivity index (χ1n) is 34.6. The van der Waals surface area contributed by atoms with Crippen molar-refractivity contribution in [2.24, 2.45) is 0 Å². The number of carbonyl (C=O) groups is 4. The molecular weight excluding hydrogens is 1040 g/mol. The van der Waals surface area contributed by atoms with Crippen LogP contribution in [0.15, 0.2) is 48.6 Å². The quantitative estimate of drug-likeness (QED) is 0.0228. The summed E-state index contributed by atoms with van der Waals surface area (Å²) in [5.74, 6) is -3.11. The average molecular weight is 1170 g/mol. The molecule has 1 saturated heterocycles. The lowest BCUT2D eigenvalue weighted by atomic mass is 9.98. The van der Waals surface area contributed by atoms with Gasteiger partial charge in [-0.1, -0.05) is 281 Å². The van der Waals surface area contributed by atoms with Gasteiger partial charge in [-0.25, -0.2) is 4.79 Å². The van der Waals surface area contributed by atoms with Crippen LogP contribution in [0.1, 0.15) is 329 Å². The number of esters is 3. The Morgan fingerprint density at radius 2 is 0.759 bits per heavy atom. The molecular formula is C71H126O12. The Morgan fingerprint density at radius 1 is 0.410 bits per heavy atom. The van der Waals surface area contributed by atoms with E-state index in [9.17, 15) is 34.5 Å². The average Bonchev–Trinajstić information content (AvgIpc) is 3.57. The molecule has 482 valence electrons. The fraction of sp³-hybridized carbons (Fsp3) is 0.831. The van der Waals surface area contributed by atoms with E-state index in [1.807, 2.05) is 0 Å². The molecule has 0 bridgehead atoms. The Labute approximate surface area is 507 Å². The summed E-state index contributed by atoms with van der Waals surface area (Å²) < 4.78 is 28.6. The second-order valence-corrected chi connectivity index (χ2v) is 23.8. The minimum atomic E-state index is -1.91. The van der Waals surface area contributed by atoms with Gasteiger partial charge >= 0.3 is 23.9 Å². The number of rotatable bonds is 60. The summed E-state index contributed by atoms with van der Waals surface area (Å²) >= 11 is 0. The van der Waals surface area contributed by atoms with Crippen molar-refractivity contribution in [2.75, 3.05) is 13.2 Å². The van der Waals surface area contributed by atoms with Crippen LogP contribution in [-0.2, 0) is 42.9 Å². The SMILES string of the molecule is CC/C=C\C/C=C\C/C=C\CCCCCCCC(=O)OC1C(OCC(COC(=O)CCCCCCCCCCC/C=C\CCCCCCCC)OC(=O)CCCCCCCCCCCCCCCCCCCCC)OC(C(=O)O)C(O)C1O. The molecule has 12 heteroatoms. The maximum Gasteiger partial charge on any atom is 0.335 e. The third-order valence-corrected chi connectivity index (χ3v) is 15.9. The number of aliphatic carboxylic acids is 1. The summed E-state index contributed by atoms with van der Waals surface area (Å²) in [6.45, 7) is 5.93. The highest BCUT2D eigenvalue weighted by molar-refractivity contribution is 5.74. The Kier molecular flexibility index (Phi) is 55.3. The Hall–Kier alpha value is -3.32. The van der Waals surface area contributed by atoms with Gasteiger partial charge in [-0.3, -0.25) is 14.4 Å². The number of carboxylic acids is 1. The van der Waals surface area contributed by atoms with Crippen molar-refractivity contribution in [3.63, 3.8) is 0 Å². The number of allylic oxidation sites excluding steroid dienone is 8. The highest BCUT2D eigenvalue weighted by Crippen LogP contribution is 2.27. The lowest BCUT2D eigenvalue weighted by molar-refractivity contribution is -0.301. The molecule has 1 aliphatic rings. The highest BCUT2D eigenvalue weighted by Gasteiger charge is 2.50. The van der Waals surface area contributed by atoms with Crippen LogP contribution < -0.4 is 0 Å². The van der Waals surface area contributed by atoms with Gasteiger partial charge in [0.1, 0.15) is 18.8 Å². The van der Waals surface area contributed by atoms with E-state index in [1.54, 1.807) is 0 Å². The van der Waals surface area contributed by atoms with Gasteiger partial charge in [0.25, 0.3) is 0 Å². The van der Waals surface area contributed by atoms with Crippen LogP contribution in [-0.4, -0.2) is 89.2 Å². The molecule has 0 aromatic heterocycles. The molecule has 0 amide bonds. The van der Waals surface area contributed by atoms with Crippen molar-refractivity contribution in [1.29, 1.82) is 0 Å². The summed E-state index contributed by atoms with van der Waals surface area (Å²) in [6.07, 6.45) is 60.7. The van der Waals surface area contributed by atoms with Crippen LogP contribution >= 0.6 is 0 Å². The fourth-order valence-electron chi connectivity index (χ4n) is 10.6. The Bertz CT molecular complexity index is 1630. The zero-order chi connectivity index (χ0) is 60.3. The van der Waals surface area contributed by atoms with Gasteiger partial charge in [-0.15, -0.1) is 0 Å². The second kappa shape index (κ2) is 59.0. The van der Waals surface area contributed by atoms with Crippen LogP contribution in [0.4, 0.5) is 0 Å². The maximum atomic E-state index is 13.2. The lowest BCUT2D eigenvalue weighted by Gasteiger charge is -2.40. The van der Waals surface area contributed by atoms with E-state index in [1.165, 1.54) is 180 Å². The largest absolute Gasteiger partial charge is 0.479 e. The predicted octanol–water partition coefficient (Wildman–Crippen LogP) is 18.9. The van der Waals surface area contributed by atoms with Gasteiger partial charge in [0.15, 0.2) is 24.6 Å². The molecule has 1 heterocycles. The van der Waals surface area contributed by atoms with Gasteiger partial charge in [-0.2, -0.15) is 0 Å². The highest BCUT2D eigenvalue weighted by atomic mass is 16.7. The van der Waals surface area contributed by atoms with E-state index in [0.717, 1.165) is 89.9 Å². The van der Waals surface area contributed by atoms with Crippen molar-refractivity contribution in [3.05, 3.63) is 48.6 Å². The number of carbonyl (C=O) groups excluding carboxylic acids is 3. The first kappa shape index (κ1) is 77.7. The van der Waals surface area contributed by atoms with Crippen LogP contribution in [0.25, 0.3) is 0 Å². The van der Waals surface area contributed by atoms with Gasteiger partial charge in [0.2, 0.25) is 0 Å². The van der Waals surface area contributed by atoms with Crippen molar-refractivity contribution >= 4 is 23.9 Å². The number of ether oxygens (including phenoxy) is 5. The third-order valence-electron chi connectivity index (χ3n) is 15.9. The smallest absolute Gasteiger partial charge is 0.335 e. The van der Waals surface area contributed by atoms with Crippen molar-refractivity contribution < 1.29 is 58.2 Å². The summed E-state index contributed by atoms with van der Waals surface area (Å²) in [5.41, 5.74) is 0. The van der Waals surface area contributed by atoms with E-state index in [4.69, 9.17) is 23.7 Å². The normalized spacial score (nSPS) is 17.8. The number of carboxylic acid groups (broad SMARTS) is 1. The van der Waals surface area contributed by atoms with E-state index < -0.39 is 67.3 Å². The number of hydrogen-bond donors (Lipinski definition) is 3. The monoisotopic (exact) mass is 1170 g/mol. The van der Waals surface area contributed by atoms with Crippen molar-refractivity contribution in [1.82, 2.24) is 0 Å². The summed E-state index contributed by atoms with van der Waals surface area (Å²) in [5, 5.41) is 31.6. The molecule has 83 heavy (non-hydrogen) atoms. The Balaban J connectivity index is 2.63. The van der Waals surface area contributed by atoms with Crippen molar-refractivity contribution in [2.45, 2.75) is 366 Å². The van der Waals surface area contributed by atoms with Crippen LogP contribution in [0.5, 0.6) is 0 Å². The van der Waals surface area contributed by atoms with E-state index in [-0.39, 0.29) is 25.9 Å². The van der Waals surface area contributed by atoms with Gasteiger partial charge < -0.3 is 39.0 Å². The summed E-state index contributed by atoms with van der Waals surface area (Å²) in [7, 11) is 0. The number of unbranched alkanes of at least 4 members (excludes halogenated alkanes) is 38. The van der Waals surface area contributed by atoms with Gasteiger partial charge in [-0.05, 0) is 77.0 Å². The fourth-order valence-corrected chi connectivity index (χ4v) is 10.6. The minimum absolute atomic E-state index is 0.0431. The number of aliphatic hydroxyl groups is 2. The molecule has 0 radical (unpaired) electrons. The zero-order valence-corrected chi connectivity index (χ0v) is 53.5. The molecule has 0 aromatic carbocycles. The molecule has 12 nitrogen and oxygen atoms in total. The summed E-state index contributed by atoms with van der Waals surface area (Å²) in [4.78, 5) is 51.4. The zero-order valence-electron chi connectivity index (χ0n) is 53.5. The molecule has 0 aliphatic carbocycles. The molecule has 6 unspecified atom stereocenters. The molecule has 1 rings (SSSR count). The van der Waals surface area contributed by atoms with Crippen molar-refractivity contribution in [3.8, 4) is 0 Å². The number of aliphatic hydroxyl groups excluding tert-OH is 2. The lowest BCUT2D eigenvalue weighted by Crippen LogP contribution is -2.61. The second-order valence-electron chi connectivity index (χ2n) is 23.8. The first-order valence-corrected chi connectivity index (χ1v) is 34.6. The molecule has 1 aliphatic heterocycles.